The molecule has 3 atom stereocenters. The van der Waals surface area contributed by atoms with Crippen LogP contribution in [0.3, 0.4) is 0 Å². The maximum atomic E-state index is 11.6. The van der Waals surface area contributed by atoms with Gasteiger partial charge in [-0.1, -0.05) is 13.0 Å². The number of hydrogen-bond donors (Lipinski definition) is 5. The molecule has 136 valence electrons. The topological polar surface area (TPSA) is 136 Å². The Morgan fingerprint density at radius 1 is 1.40 bits per heavy atom. The number of nitrogens with zero attached hydrogens (tertiary/aromatic N) is 1. The Hall–Kier alpha value is -1.81. The summed E-state index contributed by atoms with van der Waals surface area (Å²) in [6.45, 7) is 4.48. The Morgan fingerprint density at radius 3 is 2.60 bits per heavy atom. The number of hydrogen-bond acceptors (Lipinski definition) is 7. The van der Waals surface area contributed by atoms with E-state index in [4.69, 9.17) is 10.5 Å². The zero-order chi connectivity index (χ0) is 18.3. The number of phenols is 1. The fourth-order valence-corrected chi connectivity index (χ4v) is 3.75. The fourth-order valence-electron chi connectivity index (χ4n) is 3.75. The Kier molecular flexibility index (Phi) is 4.92. The van der Waals surface area contributed by atoms with Gasteiger partial charge in [0.2, 0.25) is 0 Å². The van der Waals surface area contributed by atoms with Crippen molar-refractivity contribution in [2.24, 2.45) is 11.7 Å². The van der Waals surface area contributed by atoms with Crippen molar-refractivity contribution in [2.45, 2.75) is 24.8 Å². The molecule has 1 aromatic rings. The predicted octanol–water partition coefficient (Wildman–Crippen LogP) is -0.312. The molecule has 1 saturated carbocycles. The predicted molar refractivity (Wildman–Crippen MR) is 90.8 cm³/mol. The smallest absolute Gasteiger partial charge is 0.455 e. The number of likely N-dealkylation sites (tertiary alicyclic amines) is 1. The molecule has 0 radical (unpaired) electrons. The maximum Gasteiger partial charge on any atom is 0.455 e. The van der Waals surface area contributed by atoms with E-state index in [1.165, 1.54) is 6.07 Å². The van der Waals surface area contributed by atoms with Crippen LogP contribution in [0.4, 0.5) is 0 Å². The van der Waals surface area contributed by atoms with Gasteiger partial charge in [0.1, 0.15) is 23.2 Å². The van der Waals surface area contributed by atoms with Gasteiger partial charge in [0.15, 0.2) is 0 Å². The first kappa shape index (κ1) is 18.0. The van der Waals surface area contributed by atoms with Gasteiger partial charge in [-0.05, 0) is 23.5 Å². The number of carboxylic acid groups (broad SMARTS) is 1. The minimum atomic E-state index is -1.49. The largest absolute Gasteiger partial charge is 0.507 e. The van der Waals surface area contributed by atoms with E-state index in [0.717, 1.165) is 6.54 Å². The normalized spacial score (nSPS) is 26.2. The second kappa shape index (κ2) is 6.83. The van der Waals surface area contributed by atoms with Gasteiger partial charge in [-0.3, -0.25) is 4.90 Å². The van der Waals surface area contributed by atoms with Crippen LogP contribution in [0.25, 0.3) is 0 Å². The molecular formula is C16H23BN2O6. The van der Waals surface area contributed by atoms with E-state index in [9.17, 15) is 25.1 Å². The number of ether oxygens (including phenoxy) is 1. The van der Waals surface area contributed by atoms with Crippen molar-refractivity contribution in [1.82, 2.24) is 4.90 Å². The number of aromatic carboxylic acids is 1. The molecule has 0 bridgehead atoms. The lowest BCUT2D eigenvalue weighted by molar-refractivity contribution is 0.0210. The third kappa shape index (κ3) is 3.32. The van der Waals surface area contributed by atoms with Crippen LogP contribution in [0.2, 0.25) is 5.82 Å². The van der Waals surface area contributed by atoms with E-state index < -0.39 is 18.9 Å². The highest BCUT2D eigenvalue weighted by Crippen LogP contribution is 2.61. The molecule has 2 aliphatic rings. The van der Waals surface area contributed by atoms with Crippen LogP contribution < -0.4 is 10.5 Å². The molecule has 0 spiro atoms. The lowest BCUT2D eigenvalue weighted by atomic mass is 9.80. The summed E-state index contributed by atoms with van der Waals surface area (Å²) in [7, 11) is -1.49. The van der Waals surface area contributed by atoms with Crippen molar-refractivity contribution in [3.63, 3.8) is 0 Å². The molecule has 0 aromatic heterocycles. The third-order valence-electron chi connectivity index (χ3n) is 5.20. The van der Waals surface area contributed by atoms with Gasteiger partial charge < -0.3 is 30.7 Å². The van der Waals surface area contributed by atoms with Gasteiger partial charge in [-0.25, -0.2) is 4.79 Å². The molecule has 2 fully saturated rings. The monoisotopic (exact) mass is 350 g/mol. The van der Waals surface area contributed by atoms with Crippen molar-refractivity contribution >= 4 is 13.1 Å². The van der Waals surface area contributed by atoms with Crippen LogP contribution in [-0.2, 0) is 0 Å². The molecule has 6 N–H and O–H groups in total. The molecule has 1 aliphatic carbocycles. The highest BCUT2D eigenvalue weighted by atomic mass is 16.5. The lowest BCUT2D eigenvalue weighted by Gasteiger charge is -2.39. The molecular weight excluding hydrogens is 327 g/mol. The Morgan fingerprint density at radius 2 is 2.08 bits per heavy atom. The van der Waals surface area contributed by atoms with E-state index >= 15 is 0 Å². The first-order valence-corrected chi connectivity index (χ1v) is 8.39. The van der Waals surface area contributed by atoms with Crippen molar-refractivity contribution < 1.29 is 29.8 Å². The molecule has 9 heteroatoms. The first-order valence-electron chi connectivity index (χ1n) is 8.39. The summed E-state index contributed by atoms with van der Waals surface area (Å²) in [5, 5.41) is 38.7. The molecule has 8 nitrogen and oxygen atoms in total. The Bertz CT molecular complexity index is 664. The Labute approximate surface area is 146 Å². The van der Waals surface area contributed by atoms with Crippen molar-refractivity contribution in [2.75, 3.05) is 26.2 Å². The Balaban J connectivity index is 1.79. The minimum absolute atomic E-state index is 0.0456. The highest BCUT2D eigenvalue weighted by Gasteiger charge is 2.55. The quantitative estimate of drug-likeness (QED) is 0.423. The molecule has 1 heterocycles. The zero-order valence-corrected chi connectivity index (χ0v) is 14.0. The second-order valence-electron chi connectivity index (χ2n) is 6.85. The number of carbonyl (C=O) groups is 1. The standard InChI is InChI=1S/C16H23BN2O6/c1-8-12(14(8)17(23)24)10-2-3-11(13(15(10)20)16(21)22)25-9-6-19(7-9)5-4-18/h2-3,8-9,12,14,20,23-24H,4-7,18H2,1H3,(H,21,22). The number of rotatable bonds is 7. The average molecular weight is 350 g/mol. The summed E-state index contributed by atoms with van der Waals surface area (Å²) < 4.78 is 5.73. The first-order chi connectivity index (χ1) is 11.8. The number of nitrogens with two attached hydrogens (primary N) is 1. The van der Waals surface area contributed by atoms with E-state index in [1.807, 2.05) is 6.92 Å². The molecule has 3 rings (SSSR count). The van der Waals surface area contributed by atoms with Crippen LogP contribution in [-0.4, -0.2) is 70.5 Å². The number of carboxylic acids is 1. The van der Waals surface area contributed by atoms with Crippen molar-refractivity contribution in [3.05, 3.63) is 23.3 Å². The van der Waals surface area contributed by atoms with Crippen LogP contribution in [0.5, 0.6) is 11.5 Å². The van der Waals surface area contributed by atoms with E-state index in [2.05, 4.69) is 4.90 Å². The van der Waals surface area contributed by atoms with Crippen LogP contribution >= 0.6 is 0 Å². The zero-order valence-electron chi connectivity index (χ0n) is 14.0. The summed E-state index contributed by atoms with van der Waals surface area (Å²) in [4.78, 5) is 13.7. The second-order valence-corrected chi connectivity index (χ2v) is 6.85. The minimum Gasteiger partial charge on any atom is -0.507 e. The number of benzene rings is 1. The SMILES string of the molecule is CC1C(B(O)O)C1c1ccc(OC2CN(CCN)C2)c(C(=O)O)c1O. The summed E-state index contributed by atoms with van der Waals surface area (Å²) >= 11 is 0. The van der Waals surface area contributed by atoms with Crippen LogP contribution in [0.15, 0.2) is 12.1 Å². The summed E-state index contributed by atoms with van der Waals surface area (Å²) in [6.07, 6.45) is -0.137. The number of aromatic hydroxyl groups is 1. The van der Waals surface area contributed by atoms with Gasteiger partial charge >= 0.3 is 13.1 Å². The summed E-state index contributed by atoms with van der Waals surface area (Å²) in [5.41, 5.74) is 5.62. The maximum absolute atomic E-state index is 11.6. The van der Waals surface area contributed by atoms with Gasteiger partial charge in [-0.15, -0.1) is 0 Å². The molecule has 0 amide bonds. The molecule has 3 unspecified atom stereocenters. The van der Waals surface area contributed by atoms with Crippen molar-refractivity contribution in [3.8, 4) is 11.5 Å². The van der Waals surface area contributed by atoms with E-state index in [-0.39, 0.29) is 35.0 Å². The summed E-state index contributed by atoms with van der Waals surface area (Å²) in [6, 6.07) is 3.15. The van der Waals surface area contributed by atoms with E-state index in [1.54, 1.807) is 6.07 Å². The molecule has 25 heavy (non-hydrogen) atoms. The molecule has 1 saturated heterocycles. The molecule has 1 aliphatic heterocycles. The van der Waals surface area contributed by atoms with Crippen LogP contribution in [0.1, 0.15) is 28.8 Å². The molecule has 1 aromatic carbocycles. The fraction of sp³-hybridized carbons (Fsp3) is 0.562. The van der Waals surface area contributed by atoms with Gasteiger partial charge in [0.05, 0.1) is 0 Å². The van der Waals surface area contributed by atoms with Gasteiger partial charge in [0, 0.05) is 32.0 Å². The van der Waals surface area contributed by atoms with Gasteiger partial charge in [0.25, 0.3) is 0 Å². The average Bonchev–Trinajstić information content (AvgIpc) is 3.16. The van der Waals surface area contributed by atoms with Gasteiger partial charge in [-0.2, -0.15) is 0 Å². The van der Waals surface area contributed by atoms with Crippen molar-refractivity contribution in [1.29, 1.82) is 0 Å². The third-order valence-corrected chi connectivity index (χ3v) is 5.20. The van der Waals surface area contributed by atoms with E-state index in [0.29, 0.717) is 25.2 Å². The van der Waals surface area contributed by atoms with Crippen LogP contribution in [0, 0.1) is 5.92 Å². The highest BCUT2D eigenvalue weighted by molar-refractivity contribution is 6.45. The summed E-state index contributed by atoms with van der Waals surface area (Å²) in [5.74, 6) is -2.24. The lowest BCUT2D eigenvalue weighted by Crippen LogP contribution is -2.55.